The number of benzene rings is 2. The van der Waals surface area contributed by atoms with Crippen molar-refractivity contribution in [1.29, 1.82) is 0 Å². The van der Waals surface area contributed by atoms with Crippen molar-refractivity contribution in [3.63, 3.8) is 0 Å². The number of morpholine rings is 1. The molecule has 2 unspecified atom stereocenters. The van der Waals surface area contributed by atoms with Crippen molar-refractivity contribution in [2.75, 3.05) is 26.9 Å². The fourth-order valence-corrected chi connectivity index (χ4v) is 5.41. The van der Waals surface area contributed by atoms with E-state index in [0.29, 0.717) is 23.5 Å². The molecule has 7 nitrogen and oxygen atoms in total. The number of nitrogens with zero attached hydrogens (tertiary/aromatic N) is 3. The summed E-state index contributed by atoms with van der Waals surface area (Å²) in [5, 5.41) is 2.93. The maximum absolute atomic E-state index is 14.1. The van der Waals surface area contributed by atoms with Crippen LogP contribution in [0.4, 0.5) is 4.39 Å². The monoisotopic (exact) mass is 506 g/mol. The molecule has 37 heavy (non-hydrogen) atoms. The summed E-state index contributed by atoms with van der Waals surface area (Å²) in [6, 6.07) is 14.3. The largest absolute Gasteiger partial charge is 0.494 e. The molecule has 196 valence electrons. The van der Waals surface area contributed by atoms with Crippen LogP contribution in [0.5, 0.6) is 5.75 Å². The number of fused-ring (bicyclic) bond motifs is 2. The second kappa shape index (κ2) is 11.0. The molecule has 2 aliphatic rings. The number of amides is 1. The van der Waals surface area contributed by atoms with E-state index in [0.717, 1.165) is 37.4 Å². The quantitative estimate of drug-likeness (QED) is 0.469. The fourth-order valence-electron chi connectivity index (χ4n) is 5.41. The lowest BCUT2D eigenvalue weighted by Crippen LogP contribution is -2.46. The van der Waals surface area contributed by atoms with Crippen molar-refractivity contribution >= 4 is 5.91 Å². The maximum atomic E-state index is 14.1. The van der Waals surface area contributed by atoms with Crippen LogP contribution in [0.25, 0.3) is 22.6 Å². The standard InChI is InChI=1S/C29H35FN4O3/c1-19(2)31-28(35)16-33-15-26(32-29(33)22-8-11-25(30)27(14-22)36-3)21-6-4-20(5-7-21)12-13-34-23-9-10-24(34)18-37-17-23/h4-8,11,14-15,19,23-24H,9-10,12-13,16-18H2,1-3H3,(H,31,35). The Labute approximate surface area is 217 Å². The van der Waals surface area contributed by atoms with Gasteiger partial charge in [-0.15, -0.1) is 0 Å². The van der Waals surface area contributed by atoms with Gasteiger partial charge < -0.3 is 19.4 Å². The number of hydrogen-bond acceptors (Lipinski definition) is 5. The van der Waals surface area contributed by atoms with Crippen LogP contribution in [0.15, 0.2) is 48.7 Å². The van der Waals surface area contributed by atoms with E-state index < -0.39 is 5.82 Å². The summed E-state index contributed by atoms with van der Waals surface area (Å²) < 4.78 is 26.7. The predicted molar refractivity (Wildman–Crippen MR) is 141 cm³/mol. The van der Waals surface area contributed by atoms with Crippen LogP contribution in [-0.2, 0) is 22.5 Å². The third-order valence-corrected chi connectivity index (χ3v) is 7.25. The van der Waals surface area contributed by atoms with E-state index in [2.05, 4.69) is 34.5 Å². The highest BCUT2D eigenvalue weighted by atomic mass is 19.1. The van der Waals surface area contributed by atoms with Gasteiger partial charge in [-0.3, -0.25) is 9.69 Å². The lowest BCUT2D eigenvalue weighted by atomic mass is 10.1. The van der Waals surface area contributed by atoms with Gasteiger partial charge in [-0.2, -0.15) is 0 Å². The molecule has 2 aromatic carbocycles. The molecule has 2 fully saturated rings. The van der Waals surface area contributed by atoms with Crippen molar-refractivity contribution in [3.8, 4) is 28.4 Å². The summed E-state index contributed by atoms with van der Waals surface area (Å²) in [7, 11) is 1.43. The molecule has 2 atom stereocenters. The summed E-state index contributed by atoms with van der Waals surface area (Å²) in [6.07, 6.45) is 5.36. The third kappa shape index (κ3) is 5.70. The van der Waals surface area contributed by atoms with Crippen molar-refractivity contribution in [1.82, 2.24) is 19.8 Å². The number of ether oxygens (including phenoxy) is 2. The first kappa shape index (κ1) is 25.4. The summed E-state index contributed by atoms with van der Waals surface area (Å²) >= 11 is 0. The molecular formula is C29H35FN4O3. The lowest BCUT2D eigenvalue weighted by molar-refractivity contribution is -0.122. The topological polar surface area (TPSA) is 68.6 Å². The zero-order valence-corrected chi connectivity index (χ0v) is 21.7. The maximum Gasteiger partial charge on any atom is 0.240 e. The smallest absolute Gasteiger partial charge is 0.240 e. The average molecular weight is 507 g/mol. The Morgan fingerprint density at radius 1 is 1.14 bits per heavy atom. The minimum Gasteiger partial charge on any atom is -0.494 e. The summed E-state index contributed by atoms with van der Waals surface area (Å²) in [5.41, 5.74) is 3.69. The molecule has 8 heteroatoms. The van der Waals surface area contributed by atoms with Crippen LogP contribution in [0.1, 0.15) is 32.3 Å². The Morgan fingerprint density at radius 2 is 1.84 bits per heavy atom. The van der Waals surface area contributed by atoms with E-state index in [1.807, 2.05) is 24.6 Å². The van der Waals surface area contributed by atoms with Crippen LogP contribution >= 0.6 is 0 Å². The highest BCUT2D eigenvalue weighted by Crippen LogP contribution is 2.30. The molecule has 3 heterocycles. The number of hydrogen-bond donors (Lipinski definition) is 1. The zero-order chi connectivity index (χ0) is 25.9. The van der Waals surface area contributed by atoms with Crippen LogP contribution in [0.3, 0.4) is 0 Å². The first-order valence-corrected chi connectivity index (χ1v) is 13.0. The normalized spacial score (nSPS) is 19.4. The molecule has 2 aliphatic heterocycles. The Morgan fingerprint density at radius 3 is 2.51 bits per heavy atom. The molecule has 0 spiro atoms. The van der Waals surface area contributed by atoms with Crippen LogP contribution in [0.2, 0.25) is 0 Å². The Balaban J connectivity index is 1.36. The van der Waals surface area contributed by atoms with Crippen molar-refractivity contribution in [2.24, 2.45) is 0 Å². The minimum atomic E-state index is -0.442. The van der Waals surface area contributed by atoms with Gasteiger partial charge >= 0.3 is 0 Å². The van der Waals surface area contributed by atoms with Gasteiger partial charge in [0.25, 0.3) is 0 Å². The van der Waals surface area contributed by atoms with E-state index in [9.17, 15) is 9.18 Å². The van der Waals surface area contributed by atoms with Crippen LogP contribution in [-0.4, -0.2) is 65.4 Å². The second-order valence-electron chi connectivity index (χ2n) is 10.3. The molecule has 1 amide bonds. The van der Waals surface area contributed by atoms with Gasteiger partial charge in [-0.05, 0) is 56.9 Å². The highest BCUT2D eigenvalue weighted by Gasteiger charge is 2.36. The number of imidazole rings is 1. The van der Waals surface area contributed by atoms with Crippen LogP contribution < -0.4 is 10.1 Å². The number of aromatic nitrogens is 2. The van der Waals surface area contributed by atoms with Gasteiger partial charge in [0.05, 0.1) is 26.0 Å². The molecule has 3 aromatic rings. The summed E-state index contributed by atoms with van der Waals surface area (Å²) in [5.74, 6) is 0.168. The average Bonchev–Trinajstić information content (AvgIpc) is 3.38. The van der Waals surface area contributed by atoms with Gasteiger partial charge in [-0.25, -0.2) is 9.37 Å². The Bertz CT molecular complexity index is 1220. The van der Waals surface area contributed by atoms with E-state index in [1.54, 1.807) is 12.1 Å². The van der Waals surface area contributed by atoms with Crippen molar-refractivity contribution in [3.05, 3.63) is 60.0 Å². The number of nitrogens with one attached hydrogen (secondary N) is 1. The lowest BCUT2D eigenvalue weighted by Gasteiger charge is -2.34. The number of carbonyl (C=O) groups excluding carboxylic acids is 1. The molecular weight excluding hydrogens is 471 g/mol. The summed E-state index contributed by atoms with van der Waals surface area (Å²) in [4.78, 5) is 20.0. The zero-order valence-electron chi connectivity index (χ0n) is 21.7. The molecule has 0 radical (unpaired) electrons. The van der Waals surface area contributed by atoms with Crippen molar-refractivity contribution < 1.29 is 18.7 Å². The van der Waals surface area contributed by atoms with E-state index in [1.165, 1.54) is 31.6 Å². The molecule has 1 aromatic heterocycles. The van der Waals surface area contributed by atoms with Crippen LogP contribution in [0, 0.1) is 5.82 Å². The predicted octanol–water partition coefficient (Wildman–Crippen LogP) is 4.30. The molecule has 2 saturated heterocycles. The first-order chi connectivity index (χ1) is 17.9. The SMILES string of the molecule is COc1cc(-c2nc(-c3ccc(CCN4C5CCC4COC5)cc3)cn2CC(=O)NC(C)C)ccc1F. The molecule has 1 N–H and O–H groups in total. The second-order valence-corrected chi connectivity index (χ2v) is 10.3. The van der Waals surface area contributed by atoms with Crippen molar-refractivity contribution in [2.45, 2.75) is 57.8 Å². The van der Waals surface area contributed by atoms with E-state index in [4.69, 9.17) is 14.5 Å². The highest BCUT2D eigenvalue weighted by molar-refractivity contribution is 5.77. The molecule has 0 saturated carbocycles. The first-order valence-electron chi connectivity index (χ1n) is 13.0. The third-order valence-electron chi connectivity index (χ3n) is 7.25. The fraction of sp³-hybridized carbons (Fsp3) is 0.448. The Hall–Kier alpha value is -3.23. The summed E-state index contributed by atoms with van der Waals surface area (Å²) in [6.45, 7) is 6.72. The van der Waals surface area contributed by atoms with Gasteiger partial charge in [-0.1, -0.05) is 24.3 Å². The molecule has 5 rings (SSSR count). The number of carbonyl (C=O) groups is 1. The van der Waals surface area contributed by atoms with E-state index in [-0.39, 0.29) is 24.2 Å². The Kier molecular flexibility index (Phi) is 7.58. The van der Waals surface area contributed by atoms with Gasteiger partial charge in [0.2, 0.25) is 5.91 Å². The minimum absolute atomic E-state index is 0.0325. The van der Waals surface area contributed by atoms with E-state index >= 15 is 0 Å². The van der Waals surface area contributed by atoms with Gasteiger partial charge in [0.15, 0.2) is 11.6 Å². The van der Waals surface area contributed by atoms with Gasteiger partial charge in [0, 0.05) is 42.0 Å². The number of methoxy groups -OCH3 is 1. The molecule has 2 bridgehead atoms. The molecule has 0 aliphatic carbocycles. The van der Waals surface area contributed by atoms with Gasteiger partial charge in [0.1, 0.15) is 12.4 Å². The number of rotatable bonds is 9. The number of halogens is 1.